The van der Waals surface area contributed by atoms with E-state index in [1.54, 1.807) is 25.1 Å². The number of aliphatic hydroxyl groups is 1. The first-order chi connectivity index (χ1) is 13.4. The number of aliphatic imine (C=N–C) groups is 1. The second-order valence-corrected chi connectivity index (χ2v) is 6.74. The monoisotopic (exact) mass is 515 g/mol. The van der Waals surface area contributed by atoms with Crippen LogP contribution in [0, 0.1) is 6.92 Å². The Balaban J connectivity index is 0.00000420. The predicted molar refractivity (Wildman–Crippen MR) is 124 cm³/mol. The van der Waals surface area contributed by atoms with Crippen molar-refractivity contribution < 1.29 is 19.1 Å². The number of guanidine groups is 1. The van der Waals surface area contributed by atoms with Crippen molar-refractivity contribution in [2.45, 2.75) is 32.8 Å². The highest BCUT2D eigenvalue weighted by Crippen LogP contribution is 2.23. The molecule has 8 heteroatoms. The number of carbonyl (C=O) groups excluding carboxylic acids is 1. The summed E-state index contributed by atoms with van der Waals surface area (Å²) < 4.78 is 10.2. The molecule has 29 heavy (non-hydrogen) atoms. The van der Waals surface area contributed by atoms with Crippen LogP contribution in [0.25, 0.3) is 0 Å². The van der Waals surface area contributed by atoms with Gasteiger partial charge in [-0.1, -0.05) is 12.1 Å². The quantitative estimate of drug-likeness (QED) is 0.217. The van der Waals surface area contributed by atoms with E-state index in [4.69, 9.17) is 9.15 Å². The molecule has 0 aliphatic carbocycles. The van der Waals surface area contributed by atoms with Gasteiger partial charge >= 0.3 is 5.97 Å². The molecular weight excluding hydrogens is 485 g/mol. The molecule has 1 heterocycles. The Hall–Kier alpha value is -2.07. The van der Waals surface area contributed by atoms with Crippen LogP contribution in [0.2, 0.25) is 0 Å². The van der Waals surface area contributed by atoms with E-state index in [0.717, 1.165) is 17.7 Å². The van der Waals surface area contributed by atoms with Crippen LogP contribution in [-0.4, -0.2) is 43.8 Å². The van der Waals surface area contributed by atoms with Gasteiger partial charge in [0.05, 0.1) is 19.2 Å². The Morgan fingerprint density at radius 2 is 1.90 bits per heavy atom. The molecule has 0 amide bonds. The average Bonchev–Trinajstić information content (AvgIpc) is 3.13. The third-order valence-electron chi connectivity index (χ3n) is 4.24. The fourth-order valence-corrected chi connectivity index (χ4v) is 2.63. The summed E-state index contributed by atoms with van der Waals surface area (Å²) in [6, 6.07) is 10.9. The van der Waals surface area contributed by atoms with Crippen LogP contribution in [0.3, 0.4) is 0 Å². The maximum absolute atomic E-state index is 11.5. The number of hydrogen-bond donors (Lipinski definition) is 3. The molecule has 0 aliphatic heterocycles. The van der Waals surface area contributed by atoms with Gasteiger partial charge in [-0.3, -0.25) is 0 Å². The second kappa shape index (κ2) is 11.8. The van der Waals surface area contributed by atoms with Crippen molar-refractivity contribution in [2.24, 2.45) is 4.99 Å². The maximum Gasteiger partial charge on any atom is 0.337 e. The summed E-state index contributed by atoms with van der Waals surface area (Å²) in [7, 11) is 1.37. The summed E-state index contributed by atoms with van der Waals surface area (Å²) in [5.74, 6) is 1.53. The van der Waals surface area contributed by atoms with E-state index in [2.05, 4.69) is 15.6 Å². The zero-order chi connectivity index (χ0) is 20.6. The molecule has 0 fully saturated rings. The van der Waals surface area contributed by atoms with Crippen LogP contribution in [-0.2, 0) is 16.8 Å². The minimum atomic E-state index is -1.18. The number of halogens is 1. The van der Waals surface area contributed by atoms with E-state index < -0.39 is 5.60 Å². The fraction of sp³-hybridized carbons (Fsp3) is 0.429. The van der Waals surface area contributed by atoms with Gasteiger partial charge < -0.3 is 24.9 Å². The van der Waals surface area contributed by atoms with Crippen LogP contribution >= 0.6 is 24.0 Å². The maximum atomic E-state index is 11.5. The van der Waals surface area contributed by atoms with E-state index in [9.17, 15) is 9.90 Å². The number of methoxy groups -OCH3 is 1. The molecule has 0 saturated carbocycles. The summed E-state index contributed by atoms with van der Waals surface area (Å²) >= 11 is 0. The third-order valence-corrected chi connectivity index (χ3v) is 4.24. The fourth-order valence-electron chi connectivity index (χ4n) is 2.63. The standard InChI is InChI=1S/C21H29N3O4.HI/c1-5-22-20(24-14-21(3,26)18-11-6-15(2)28-18)23-13-12-16-7-9-17(10-8-16)19(25)27-4;/h6-11,26H,5,12-14H2,1-4H3,(H2,22,23,24);1H. The van der Waals surface area contributed by atoms with E-state index in [0.29, 0.717) is 30.4 Å². The van der Waals surface area contributed by atoms with Crippen LogP contribution in [0.1, 0.15) is 41.3 Å². The number of carbonyl (C=O) groups is 1. The van der Waals surface area contributed by atoms with Gasteiger partial charge in [0.15, 0.2) is 5.96 Å². The predicted octanol–water partition coefficient (Wildman–Crippen LogP) is 3.00. The minimum absolute atomic E-state index is 0. The second-order valence-electron chi connectivity index (χ2n) is 6.74. The number of nitrogens with one attached hydrogen (secondary N) is 2. The Kier molecular flexibility index (Phi) is 10.2. The Labute approximate surface area is 189 Å². The van der Waals surface area contributed by atoms with Gasteiger partial charge in [-0.2, -0.15) is 0 Å². The number of benzene rings is 1. The van der Waals surface area contributed by atoms with Crippen molar-refractivity contribution in [1.29, 1.82) is 0 Å². The van der Waals surface area contributed by atoms with E-state index in [1.165, 1.54) is 7.11 Å². The molecule has 0 aliphatic rings. The zero-order valence-electron chi connectivity index (χ0n) is 17.3. The van der Waals surface area contributed by atoms with Crippen LogP contribution in [0.15, 0.2) is 45.8 Å². The molecule has 3 N–H and O–H groups in total. The number of furan rings is 1. The smallest absolute Gasteiger partial charge is 0.337 e. The van der Waals surface area contributed by atoms with Gasteiger partial charge in [0.2, 0.25) is 0 Å². The van der Waals surface area contributed by atoms with Crippen LogP contribution < -0.4 is 10.6 Å². The first-order valence-corrected chi connectivity index (χ1v) is 9.34. The molecule has 0 spiro atoms. The Bertz CT molecular complexity index is 801. The number of rotatable bonds is 8. The van der Waals surface area contributed by atoms with Gasteiger partial charge in [-0.25, -0.2) is 9.79 Å². The first kappa shape index (κ1) is 25.0. The number of hydrogen-bond acceptors (Lipinski definition) is 5. The Morgan fingerprint density at radius 3 is 2.45 bits per heavy atom. The Morgan fingerprint density at radius 1 is 1.21 bits per heavy atom. The largest absolute Gasteiger partial charge is 0.465 e. The van der Waals surface area contributed by atoms with E-state index >= 15 is 0 Å². The normalized spacial score (nSPS) is 13.2. The summed E-state index contributed by atoms with van der Waals surface area (Å²) in [5, 5.41) is 17.0. The van der Waals surface area contributed by atoms with Crippen molar-refractivity contribution >= 4 is 35.9 Å². The number of nitrogens with zero attached hydrogens (tertiary/aromatic N) is 1. The van der Waals surface area contributed by atoms with Crippen LogP contribution in [0.4, 0.5) is 0 Å². The lowest BCUT2D eigenvalue weighted by molar-refractivity contribution is 0.0428. The number of ether oxygens (including phenoxy) is 1. The van der Waals surface area contributed by atoms with Crippen molar-refractivity contribution in [3.05, 3.63) is 59.0 Å². The number of aryl methyl sites for hydroxylation is 1. The van der Waals surface area contributed by atoms with Crippen molar-refractivity contribution in [3.63, 3.8) is 0 Å². The average molecular weight is 515 g/mol. The minimum Gasteiger partial charge on any atom is -0.465 e. The summed E-state index contributed by atoms with van der Waals surface area (Å²) in [5.41, 5.74) is 0.443. The summed E-state index contributed by atoms with van der Waals surface area (Å²) in [4.78, 5) is 15.9. The van der Waals surface area contributed by atoms with Gasteiger partial charge in [0.25, 0.3) is 0 Å². The van der Waals surface area contributed by atoms with Gasteiger partial charge in [0.1, 0.15) is 17.1 Å². The highest BCUT2D eigenvalue weighted by molar-refractivity contribution is 14.0. The molecule has 0 radical (unpaired) electrons. The molecule has 1 atom stereocenters. The van der Waals surface area contributed by atoms with Crippen molar-refractivity contribution in [2.75, 3.05) is 26.7 Å². The molecule has 1 aromatic heterocycles. The highest BCUT2D eigenvalue weighted by atomic mass is 127. The van der Waals surface area contributed by atoms with Gasteiger partial charge in [-0.05, 0) is 57.0 Å². The van der Waals surface area contributed by atoms with Gasteiger partial charge in [-0.15, -0.1) is 24.0 Å². The third kappa shape index (κ3) is 7.69. The topological polar surface area (TPSA) is 96.1 Å². The zero-order valence-corrected chi connectivity index (χ0v) is 19.7. The molecule has 2 rings (SSSR count). The molecule has 1 aromatic carbocycles. The molecule has 1 unspecified atom stereocenters. The lowest BCUT2D eigenvalue weighted by atomic mass is 10.0. The molecular formula is C21H30IN3O4. The lowest BCUT2D eigenvalue weighted by Crippen LogP contribution is -2.39. The lowest BCUT2D eigenvalue weighted by Gasteiger charge is -2.19. The first-order valence-electron chi connectivity index (χ1n) is 9.34. The van der Waals surface area contributed by atoms with Crippen molar-refractivity contribution in [3.8, 4) is 0 Å². The molecule has 0 bridgehead atoms. The SMILES string of the molecule is CCNC(=NCC(C)(O)c1ccc(C)o1)NCCc1ccc(C(=O)OC)cc1.I. The van der Waals surface area contributed by atoms with Gasteiger partial charge in [0, 0.05) is 13.1 Å². The highest BCUT2D eigenvalue weighted by Gasteiger charge is 2.26. The summed E-state index contributed by atoms with van der Waals surface area (Å²) in [6.07, 6.45) is 0.764. The molecule has 160 valence electrons. The molecule has 2 aromatic rings. The number of esters is 1. The van der Waals surface area contributed by atoms with Crippen molar-refractivity contribution in [1.82, 2.24) is 10.6 Å². The molecule has 0 saturated heterocycles. The van der Waals surface area contributed by atoms with E-state index in [1.807, 2.05) is 32.0 Å². The summed E-state index contributed by atoms with van der Waals surface area (Å²) in [6.45, 7) is 7.04. The van der Waals surface area contributed by atoms with Crippen LogP contribution in [0.5, 0.6) is 0 Å². The van der Waals surface area contributed by atoms with E-state index in [-0.39, 0.29) is 36.5 Å². The molecule has 7 nitrogen and oxygen atoms in total.